The second-order valence-corrected chi connectivity index (χ2v) is 5.86. The number of carbonyl (C=O) groups is 2. The van der Waals surface area contributed by atoms with Gasteiger partial charge < -0.3 is 15.7 Å². The number of rotatable bonds is 5. The summed E-state index contributed by atoms with van der Waals surface area (Å²) in [5.74, 6) is -0.375. The summed E-state index contributed by atoms with van der Waals surface area (Å²) in [5, 5.41) is 15.1. The van der Waals surface area contributed by atoms with E-state index in [0.29, 0.717) is 16.6 Å². The molecular formula is C12H17N3O3S. The summed E-state index contributed by atoms with van der Waals surface area (Å²) in [6.45, 7) is 3.90. The first-order valence-electron chi connectivity index (χ1n) is 6.21. The predicted octanol–water partition coefficient (Wildman–Crippen LogP) is 1.75. The van der Waals surface area contributed by atoms with E-state index in [2.05, 4.69) is 15.6 Å². The minimum Gasteiger partial charge on any atom is -0.477 e. The van der Waals surface area contributed by atoms with E-state index in [1.54, 1.807) is 6.92 Å². The quantitative estimate of drug-likeness (QED) is 0.767. The highest BCUT2D eigenvalue weighted by Crippen LogP contribution is 2.32. The molecule has 1 unspecified atom stereocenters. The second kappa shape index (κ2) is 5.56. The summed E-state index contributed by atoms with van der Waals surface area (Å²) < 4.78 is 0. The monoisotopic (exact) mass is 283 g/mol. The molecule has 0 aliphatic heterocycles. The molecule has 2 rings (SSSR count). The lowest BCUT2D eigenvalue weighted by Crippen LogP contribution is -2.41. The van der Waals surface area contributed by atoms with Gasteiger partial charge in [-0.3, -0.25) is 0 Å². The summed E-state index contributed by atoms with van der Waals surface area (Å²) in [4.78, 5) is 26.8. The molecule has 1 aliphatic carbocycles. The summed E-state index contributed by atoms with van der Waals surface area (Å²) in [5.41, 5.74) is 0.487. The fourth-order valence-corrected chi connectivity index (χ4v) is 2.70. The molecule has 1 fully saturated rings. The van der Waals surface area contributed by atoms with Crippen molar-refractivity contribution in [3.8, 4) is 0 Å². The summed E-state index contributed by atoms with van der Waals surface area (Å²) >= 11 is 1.09. The van der Waals surface area contributed by atoms with Crippen molar-refractivity contribution in [3.05, 3.63) is 15.6 Å². The Morgan fingerprint density at radius 2 is 2.21 bits per heavy atom. The van der Waals surface area contributed by atoms with Crippen LogP contribution in [0.3, 0.4) is 0 Å². The van der Waals surface area contributed by atoms with Gasteiger partial charge >= 0.3 is 12.0 Å². The molecule has 1 heterocycles. The highest BCUT2D eigenvalue weighted by Gasteiger charge is 2.28. The van der Waals surface area contributed by atoms with Gasteiger partial charge in [0.25, 0.3) is 0 Å². The van der Waals surface area contributed by atoms with Crippen LogP contribution in [0.5, 0.6) is 0 Å². The van der Waals surface area contributed by atoms with Crippen molar-refractivity contribution in [1.82, 2.24) is 15.6 Å². The van der Waals surface area contributed by atoms with Crippen LogP contribution in [0.4, 0.5) is 4.79 Å². The van der Waals surface area contributed by atoms with E-state index >= 15 is 0 Å². The van der Waals surface area contributed by atoms with Crippen LogP contribution in [-0.2, 0) is 6.54 Å². The zero-order valence-electron chi connectivity index (χ0n) is 10.9. The van der Waals surface area contributed by atoms with E-state index in [4.69, 9.17) is 5.11 Å². The van der Waals surface area contributed by atoms with E-state index in [-0.39, 0.29) is 23.5 Å². The van der Waals surface area contributed by atoms with Crippen molar-refractivity contribution in [1.29, 1.82) is 0 Å². The molecule has 6 nitrogen and oxygen atoms in total. The van der Waals surface area contributed by atoms with Crippen LogP contribution in [-0.4, -0.2) is 28.1 Å². The normalized spacial score (nSPS) is 15.9. The van der Waals surface area contributed by atoms with E-state index in [0.717, 1.165) is 11.3 Å². The summed E-state index contributed by atoms with van der Waals surface area (Å²) in [7, 11) is 0. The van der Waals surface area contributed by atoms with Crippen molar-refractivity contribution in [2.75, 3.05) is 0 Å². The Morgan fingerprint density at radius 3 is 2.74 bits per heavy atom. The molecule has 0 bridgehead atoms. The Kier molecular flexibility index (Phi) is 4.04. The third-order valence-corrected chi connectivity index (χ3v) is 4.27. The molecule has 1 aromatic heterocycles. The molecule has 104 valence electrons. The number of hydrogen-bond donors (Lipinski definition) is 3. The third kappa shape index (κ3) is 3.66. The molecule has 3 N–H and O–H groups in total. The van der Waals surface area contributed by atoms with Gasteiger partial charge in [-0.25, -0.2) is 14.6 Å². The molecule has 0 saturated heterocycles. The average molecular weight is 283 g/mol. The molecule has 1 saturated carbocycles. The number of hydrogen-bond acceptors (Lipinski definition) is 4. The minimum absolute atomic E-state index is 0.188. The number of thiazole rings is 1. The highest BCUT2D eigenvalue weighted by atomic mass is 32.1. The van der Waals surface area contributed by atoms with Gasteiger partial charge in [0.1, 0.15) is 9.88 Å². The van der Waals surface area contributed by atoms with Gasteiger partial charge in [0.2, 0.25) is 0 Å². The summed E-state index contributed by atoms with van der Waals surface area (Å²) in [6.07, 6.45) is 2.35. The molecular weight excluding hydrogens is 266 g/mol. The number of urea groups is 1. The number of carboxylic acids is 1. The van der Waals surface area contributed by atoms with Gasteiger partial charge in [0, 0.05) is 6.04 Å². The average Bonchev–Trinajstić information content (AvgIpc) is 3.10. The largest absolute Gasteiger partial charge is 0.477 e. The number of nitrogens with one attached hydrogen (secondary N) is 2. The topological polar surface area (TPSA) is 91.3 Å². The lowest BCUT2D eigenvalue weighted by molar-refractivity contribution is 0.0701. The molecule has 19 heavy (non-hydrogen) atoms. The van der Waals surface area contributed by atoms with Crippen molar-refractivity contribution in [2.24, 2.45) is 5.92 Å². The number of nitrogens with zero attached hydrogens (tertiary/aromatic N) is 1. The number of carboxylic acid groups (broad SMARTS) is 1. The zero-order valence-corrected chi connectivity index (χ0v) is 11.7. The van der Waals surface area contributed by atoms with Crippen molar-refractivity contribution < 1.29 is 14.7 Å². The Hall–Kier alpha value is -1.63. The van der Waals surface area contributed by atoms with Gasteiger partial charge in [-0.1, -0.05) is 0 Å². The number of carbonyl (C=O) groups excluding carboxylic acids is 1. The minimum atomic E-state index is -0.979. The maximum Gasteiger partial charge on any atom is 0.347 e. The summed E-state index contributed by atoms with van der Waals surface area (Å²) in [6, 6.07) is -0.0447. The molecule has 0 radical (unpaired) electrons. The van der Waals surface area contributed by atoms with E-state index in [9.17, 15) is 9.59 Å². The van der Waals surface area contributed by atoms with E-state index in [1.165, 1.54) is 12.8 Å². The van der Waals surface area contributed by atoms with Gasteiger partial charge in [-0.2, -0.15) is 0 Å². The molecule has 7 heteroatoms. The molecule has 0 aromatic carbocycles. The van der Waals surface area contributed by atoms with Crippen LogP contribution in [0, 0.1) is 12.8 Å². The van der Waals surface area contributed by atoms with Crippen LogP contribution in [0.25, 0.3) is 0 Å². The van der Waals surface area contributed by atoms with Crippen molar-refractivity contribution in [2.45, 2.75) is 39.3 Å². The maximum absolute atomic E-state index is 11.6. The third-order valence-electron chi connectivity index (χ3n) is 3.12. The van der Waals surface area contributed by atoms with Gasteiger partial charge in [-0.05, 0) is 32.6 Å². The lowest BCUT2D eigenvalue weighted by Gasteiger charge is -2.12. The standard InChI is InChI=1S/C12H17N3O3S/c1-6(8-3-4-8)15-12(18)13-5-9-14-7(2)10(19-9)11(16)17/h6,8H,3-5H2,1-2H3,(H,16,17)(H2,13,15,18). The molecule has 1 aromatic rings. The Bertz CT molecular complexity index is 496. The van der Waals surface area contributed by atoms with E-state index in [1.807, 2.05) is 6.92 Å². The van der Waals surface area contributed by atoms with Gasteiger partial charge in [0.15, 0.2) is 0 Å². The van der Waals surface area contributed by atoms with Crippen LogP contribution in [0.15, 0.2) is 0 Å². The predicted molar refractivity (Wildman–Crippen MR) is 71.4 cm³/mol. The van der Waals surface area contributed by atoms with Crippen LogP contribution >= 0.6 is 11.3 Å². The zero-order chi connectivity index (χ0) is 14.0. The number of aromatic nitrogens is 1. The van der Waals surface area contributed by atoms with Gasteiger partial charge in [-0.15, -0.1) is 11.3 Å². The Balaban J connectivity index is 1.82. The molecule has 0 spiro atoms. The van der Waals surface area contributed by atoms with Crippen molar-refractivity contribution in [3.63, 3.8) is 0 Å². The fourth-order valence-electron chi connectivity index (χ4n) is 1.85. The first kappa shape index (κ1) is 13.8. The van der Waals surface area contributed by atoms with E-state index < -0.39 is 5.97 Å². The van der Waals surface area contributed by atoms with Crippen LogP contribution < -0.4 is 10.6 Å². The molecule has 1 atom stereocenters. The smallest absolute Gasteiger partial charge is 0.347 e. The molecule has 2 amide bonds. The second-order valence-electron chi connectivity index (χ2n) is 4.78. The number of aromatic carboxylic acids is 1. The number of amides is 2. The van der Waals surface area contributed by atoms with Crippen LogP contribution in [0.2, 0.25) is 0 Å². The molecule has 1 aliphatic rings. The lowest BCUT2D eigenvalue weighted by atomic mass is 10.2. The first-order chi connectivity index (χ1) is 8.97. The fraction of sp³-hybridized carbons (Fsp3) is 0.583. The highest BCUT2D eigenvalue weighted by molar-refractivity contribution is 7.13. The van der Waals surface area contributed by atoms with Crippen molar-refractivity contribution >= 4 is 23.3 Å². The first-order valence-corrected chi connectivity index (χ1v) is 7.03. The van der Waals surface area contributed by atoms with Crippen LogP contribution in [0.1, 0.15) is 40.1 Å². The Morgan fingerprint density at radius 1 is 1.53 bits per heavy atom. The Labute approximate surface area is 115 Å². The maximum atomic E-state index is 11.6. The number of aryl methyl sites for hydroxylation is 1. The SMILES string of the molecule is Cc1nc(CNC(=O)NC(C)C2CC2)sc1C(=O)O. The van der Waals surface area contributed by atoms with Gasteiger partial charge in [0.05, 0.1) is 12.2 Å².